The summed E-state index contributed by atoms with van der Waals surface area (Å²) in [4.78, 5) is 11.0. The number of alkyl halides is 1. The number of halogens is 2. The van der Waals surface area contributed by atoms with Gasteiger partial charge in [0.1, 0.15) is 0 Å². The molecule has 1 amide bonds. The van der Waals surface area contributed by atoms with E-state index in [2.05, 4.69) is 37.2 Å². The quantitative estimate of drug-likeness (QED) is 0.836. The topological polar surface area (TPSA) is 29.1 Å². The zero-order chi connectivity index (χ0) is 9.84. The van der Waals surface area contributed by atoms with Gasteiger partial charge in [-0.05, 0) is 30.7 Å². The first-order valence-corrected chi connectivity index (χ1v) is 5.67. The molecule has 0 aliphatic heterocycles. The molecule has 4 heteroatoms. The highest BCUT2D eigenvalue weighted by Crippen LogP contribution is 2.19. The molecule has 0 saturated carbocycles. The van der Waals surface area contributed by atoms with Crippen LogP contribution in [0, 0.1) is 6.92 Å². The first-order chi connectivity index (χ1) is 6.13. The second-order valence-electron chi connectivity index (χ2n) is 2.64. The number of carbonyl (C=O) groups is 1. The number of aryl methyl sites for hydroxylation is 1. The first kappa shape index (κ1) is 10.7. The molecule has 0 aliphatic carbocycles. The van der Waals surface area contributed by atoms with Crippen LogP contribution in [0.3, 0.4) is 0 Å². The molecule has 2 nitrogen and oxygen atoms in total. The zero-order valence-electron chi connectivity index (χ0n) is 7.10. The molecule has 0 atom stereocenters. The van der Waals surface area contributed by atoms with Crippen molar-refractivity contribution in [3.8, 4) is 0 Å². The third-order valence-electron chi connectivity index (χ3n) is 1.58. The van der Waals surface area contributed by atoms with Crippen molar-refractivity contribution in [3.05, 3.63) is 28.2 Å². The van der Waals surface area contributed by atoms with E-state index in [0.717, 1.165) is 15.7 Å². The molecule has 0 bridgehead atoms. The lowest BCUT2D eigenvalue weighted by Gasteiger charge is -2.06. The van der Waals surface area contributed by atoms with E-state index >= 15 is 0 Å². The number of nitrogens with one attached hydrogen (secondary N) is 1. The van der Waals surface area contributed by atoms with Crippen LogP contribution < -0.4 is 5.32 Å². The second kappa shape index (κ2) is 4.77. The molecule has 0 aromatic heterocycles. The van der Waals surface area contributed by atoms with E-state index in [9.17, 15) is 4.79 Å². The van der Waals surface area contributed by atoms with Crippen molar-refractivity contribution in [1.29, 1.82) is 0 Å². The van der Waals surface area contributed by atoms with Crippen LogP contribution in [-0.4, -0.2) is 11.2 Å². The Kier molecular flexibility index (Phi) is 3.93. The smallest absolute Gasteiger partial charge is 0.235 e. The minimum absolute atomic E-state index is 0.0366. The Labute approximate surface area is 94.0 Å². The van der Waals surface area contributed by atoms with Gasteiger partial charge in [-0.2, -0.15) is 0 Å². The zero-order valence-corrected chi connectivity index (χ0v) is 10.3. The average molecular weight is 307 g/mol. The third-order valence-corrected chi connectivity index (χ3v) is 2.59. The van der Waals surface area contributed by atoms with Gasteiger partial charge in [-0.1, -0.05) is 31.9 Å². The van der Waals surface area contributed by atoms with Gasteiger partial charge in [-0.3, -0.25) is 4.79 Å². The standard InChI is InChI=1S/C9H9Br2NO/c1-6-4-7(11)2-3-8(6)12-9(13)5-10/h2-4H,5H2,1H3,(H,12,13). The summed E-state index contributed by atoms with van der Waals surface area (Å²) < 4.78 is 1.02. The molecule has 0 fully saturated rings. The highest BCUT2D eigenvalue weighted by atomic mass is 79.9. The molecular weight excluding hydrogens is 298 g/mol. The second-order valence-corrected chi connectivity index (χ2v) is 4.12. The van der Waals surface area contributed by atoms with Crippen LogP contribution in [0.1, 0.15) is 5.56 Å². The van der Waals surface area contributed by atoms with Gasteiger partial charge in [0.05, 0.1) is 5.33 Å². The molecule has 70 valence electrons. The summed E-state index contributed by atoms with van der Waals surface area (Å²) in [6.45, 7) is 1.95. The fourth-order valence-electron chi connectivity index (χ4n) is 0.951. The van der Waals surface area contributed by atoms with Gasteiger partial charge in [-0.25, -0.2) is 0 Å². The Morgan fingerprint density at radius 1 is 1.54 bits per heavy atom. The van der Waals surface area contributed by atoms with Crippen LogP contribution >= 0.6 is 31.9 Å². The molecule has 1 aromatic carbocycles. The van der Waals surface area contributed by atoms with E-state index < -0.39 is 0 Å². The number of anilines is 1. The Morgan fingerprint density at radius 3 is 2.77 bits per heavy atom. The summed E-state index contributed by atoms with van der Waals surface area (Å²) in [7, 11) is 0. The number of benzene rings is 1. The monoisotopic (exact) mass is 305 g/mol. The largest absolute Gasteiger partial charge is 0.325 e. The molecule has 13 heavy (non-hydrogen) atoms. The summed E-state index contributed by atoms with van der Waals surface area (Å²) >= 11 is 6.45. The highest BCUT2D eigenvalue weighted by Gasteiger charge is 2.02. The number of hydrogen-bond acceptors (Lipinski definition) is 1. The summed E-state index contributed by atoms with van der Waals surface area (Å²) in [5.74, 6) is -0.0366. The Bertz CT molecular complexity index is 325. The van der Waals surface area contributed by atoms with Crippen molar-refractivity contribution in [2.24, 2.45) is 0 Å². The fraction of sp³-hybridized carbons (Fsp3) is 0.222. The molecule has 0 saturated heterocycles. The van der Waals surface area contributed by atoms with E-state index in [1.54, 1.807) is 0 Å². The van der Waals surface area contributed by atoms with Crippen molar-refractivity contribution in [3.63, 3.8) is 0 Å². The maximum Gasteiger partial charge on any atom is 0.235 e. The van der Waals surface area contributed by atoms with E-state index in [1.807, 2.05) is 25.1 Å². The minimum atomic E-state index is -0.0366. The molecule has 0 heterocycles. The van der Waals surface area contributed by atoms with Gasteiger partial charge in [0.2, 0.25) is 5.91 Å². The van der Waals surface area contributed by atoms with Crippen molar-refractivity contribution < 1.29 is 4.79 Å². The average Bonchev–Trinajstić information content (AvgIpc) is 2.09. The van der Waals surface area contributed by atoms with Crippen molar-refractivity contribution in [1.82, 2.24) is 0 Å². The van der Waals surface area contributed by atoms with Gasteiger partial charge >= 0.3 is 0 Å². The predicted octanol–water partition coefficient (Wildman–Crippen LogP) is 3.09. The maximum atomic E-state index is 11.0. The van der Waals surface area contributed by atoms with Gasteiger partial charge < -0.3 is 5.32 Å². The maximum absolute atomic E-state index is 11.0. The molecule has 1 N–H and O–H groups in total. The Morgan fingerprint density at radius 2 is 2.23 bits per heavy atom. The van der Waals surface area contributed by atoms with E-state index in [4.69, 9.17) is 0 Å². The Balaban J connectivity index is 2.83. The summed E-state index contributed by atoms with van der Waals surface area (Å²) in [6.07, 6.45) is 0. The molecule has 0 aliphatic rings. The first-order valence-electron chi connectivity index (χ1n) is 3.75. The number of amides is 1. The van der Waals surface area contributed by atoms with Crippen molar-refractivity contribution >= 4 is 43.5 Å². The van der Waals surface area contributed by atoms with E-state index in [1.165, 1.54) is 0 Å². The lowest BCUT2D eigenvalue weighted by molar-refractivity contribution is -0.113. The van der Waals surface area contributed by atoms with Crippen LogP contribution in [-0.2, 0) is 4.79 Å². The number of rotatable bonds is 2. The lowest BCUT2D eigenvalue weighted by atomic mass is 10.2. The molecule has 0 radical (unpaired) electrons. The molecule has 0 unspecified atom stereocenters. The summed E-state index contributed by atoms with van der Waals surface area (Å²) in [6, 6.07) is 5.74. The normalized spacial score (nSPS) is 9.77. The lowest BCUT2D eigenvalue weighted by Crippen LogP contribution is -2.12. The SMILES string of the molecule is Cc1cc(Br)ccc1NC(=O)CBr. The van der Waals surface area contributed by atoms with Crippen LogP contribution in [0.25, 0.3) is 0 Å². The van der Waals surface area contributed by atoms with Crippen LogP contribution in [0.15, 0.2) is 22.7 Å². The van der Waals surface area contributed by atoms with E-state index in [0.29, 0.717) is 5.33 Å². The van der Waals surface area contributed by atoms with Crippen molar-refractivity contribution in [2.75, 3.05) is 10.6 Å². The molecule has 1 aromatic rings. The highest BCUT2D eigenvalue weighted by molar-refractivity contribution is 9.10. The predicted molar refractivity (Wildman–Crippen MR) is 61.3 cm³/mol. The van der Waals surface area contributed by atoms with E-state index in [-0.39, 0.29) is 5.91 Å². The van der Waals surface area contributed by atoms with Crippen molar-refractivity contribution in [2.45, 2.75) is 6.92 Å². The Hall–Kier alpha value is -0.350. The summed E-state index contributed by atoms with van der Waals surface area (Å²) in [5.41, 5.74) is 1.90. The molecule has 0 spiro atoms. The number of carbonyl (C=O) groups excluding carboxylic acids is 1. The molecule has 1 rings (SSSR count). The van der Waals surface area contributed by atoms with Crippen LogP contribution in [0.5, 0.6) is 0 Å². The van der Waals surface area contributed by atoms with Crippen LogP contribution in [0.2, 0.25) is 0 Å². The molecular formula is C9H9Br2NO. The number of hydrogen-bond donors (Lipinski definition) is 1. The van der Waals surface area contributed by atoms with Gasteiger partial charge in [0.25, 0.3) is 0 Å². The van der Waals surface area contributed by atoms with Crippen LogP contribution in [0.4, 0.5) is 5.69 Å². The fourth-order valence-corrected chi connectivity index (χ4v) is 1.57. The van der Waals surface area contributed by atoms with Gasteiger partial charge in [-0.15, -0.1) is 0 Å². The minimum Gasteiger partial charge on any atom is -0.325 e. The third kappa shape index (κ3) is 3.12. The van der Waals surface area contributed by atoms with Gasteiger partial charge in [0.15, 0.2) is 0 Å². The summed E-state index contributed by atoms with van der Waals surface area (Å²) in [5, 5.41) is 3.10. The van der Waals surface area contributed by atoms with Gasteiger partial charge in [0, 0.05) is 10.2 Å².